The van der Waals surface area contributed by atoms with Crippen molar-refractivity contribution in [2.75, 3.05) is 13.1 Å². The van der Waals surface area contributed by atoms with Crippen molar-refractivity contribution >= 4 is 12.1 Å². The molecule has 0 aromatic carbocycles. The lowest BCUT2D eigenvalue weighted by atomic mass is 10.1. The van der Waals surface area contributed by atoms with E-state index in [2.05, 4.69) is 5.32 Å². The Morgan fingerprint density at radius 1 is 1.20 bits per heavy atom. The first-order chi connectivity index (χ1) is 11.1. The molecule has 10 heteroatoms. The Balaban J connectivity index is 2.74. The SMILES string of the molecule is CC1OC(C)(C)N(C(=O)OC(C)(C)C)C1CNC(=O)NCC(F)(F)F. The fraction of sp³-hybridized carbons (Fsp3) is 0.867. The summed E-state index contributed by atoms with van der Waals surface area (Å²) in [5.74, 6) is 0. The fourth-order valence-corrected chi connectivity index (χ4v) is 2.56. The van der Waals surface area contributed by atoms with Crippen molar-refractivity contribution in [3.63, 3.8) is 0 Å². The molecule has 0 aliphatic carbocycles. The molecule has 2 unspecified atom stereocenters. The van der Waals surface area contributed by atoms with Gasteiger partial charge in [0.2, 0.25) is 0 Å². The van der Waals surface area contributed by atoms with E-state index in [1.165, 1.54) is 4.90 Å². The van der Waals surface area contributed by atoms with Crippen LogP contribution in [0, 0.1) is 0 Å². The summed E-state index contributed by atoms with van der Waals surface area (Å²) in [4.78, 5) is 25.4. The third-order valence-electron chi connectivity index (χ3n) is 3.44. The molecule has 0 bridgehead atoms. The smallest absolute Gasteiger partial charge is 0.412 e. The van der Waals surface area contributed by atoms with Crippen molar-refractivity contribution in [3.8, 4) is 0 Å². The summed E-state index contributed by atoms with van der Waals surface area (Å²) in [5.41, 5.74) is -1.70. The predicted molar refractivity (Wildman–Crippen MR) is 83.9 cm³/mol. The Bertz CT molecular complexity index is 503. The molecule has 2 atom stereocenters. The summed E-state index contributed by atoms with van der Waals surface area (Å²) >= 11 is 0. The normalized spacial score (nSPS) is 23.3. The molecule has 0 radical (unpaired) electrons. The minimum absolute atomic E-state index is 0.0759. The van der Waals surface area contributed by atoms with E-state index in [9.17, 15) is 22.8 Å². The van der Waals surface area contributed by atoms with Gasteiger partial charge in [-0.2, -0.15) is 13.2 Å². The first-order valence-electron chi connectivity index (χ1n) is 7.91. The minimum Gasteiger partial charge on any atom is -0.444 e. The van der Waals surface area contributed by atoms with Crippen LogP contribution in [-0.4, -0.2) is 59.8 Å². The molecule has 0 saturated carbocycles. The highest BCUT2D eigenvalue weighted by atomic mass is 19.4. The number of ether oxygens (including phenoxy) is 2. The maximum Gasteiger partial charge on any atom is 0.412 e. The van der Waals surface area contributed by atoms with Crippen molar-refractivity contribution in [2.24, 2.45) is 0 Å². The highest BCUT2D eigenvalue weighted by Crippen LogP contribution is 2.33. The highest BCUT2D eigenvalue weighted by molar-refractivity contribution is 5.74. The van der Waals surface area contributed by atoms with Gasteiger partial charge >= 0.3 is 18.3 Å². The van der Waals surface area contributed by atoms with Crippen LogP contribution in [0.3, 0.4) is 0 Å². The number of alkyl halides is 3. The molecule has 0 spiro atoms. The van der Waals surface area contributed by atoms with Gasteiger partial charge in [0.1, 0.15) is 17.9 Å². The third-order valence-corrected chi connectivity index (χ3v) is 3.44. The van der Waals surface area contributed by atoms with Gasteiger partial charge in [0.15, 0.2) is 0 Å². The Hall–Kier alpha value is -1.71. The van der Waals surface area contributed by atoms with Crippen molar-refractivity contribution < 1.29 is 32.2 Å². The van der Waals surface area contributed by atoms with Gasteiger partial charge < -0.3 is 20.1 Å². The van der Waals surface area contributed by atoms with Crippen LogP contribution in [0.1, 0.15) is 41.5 Å². The van der Waals surface area contributed by atoms with Crippen LogP contribution in [0.5, 0.6) is 0 Å². The van der Waals surface area contributed by atoms with Crippen LogP contribution >= 0.6 is 0 Å². The first-order valence-corrected chi connectivity index (χ1v) is 7.91. The van der Waals surface area contributed by atoms with Gasteiger partial charge in [0.25, 0.3) is 0 Å². The molecule has 7 nitrogen and oxygen atoms in total. The number of nitrogens with one attached hydrogen (secondary N) is 2. The average Bonchev–Trinajstić information content (AvgIpc) is 2.59. The second-order valence-corrected chi connectivity index (χ2v) is 7.37. The fourth-order valence-electron chi connectivity index (χ4n) is 2.56. The average molecular weight is 369 g/mol. The van der Waals surface area contributed by atoms with Gasteiger partial charge in [0.05, 0.1) is 12.1 Å². The summed E-state index contributed by atoms with van der Waals surface area (Å²) in [6.07, 6.45) is -5.55. The summed E-state index contributed by atoms with van der Waals surface area (Å²) in [7, 11) is 0. The van der Waals surface area contributed by atoms with Crippen LogP contribution in [0.25, 0.3) is 0 Å². The molecular weight excluding hydrogens is 343 g/mol. The van der Waals surface area contributed by atoms with Crippen molar-refractivity contribution in [2.45, 2.75) is 71.2 Å². The monoisotopic (exact) mass is 369 g/mol. The minimum atomic E-state index is -4.49. The molecule has 25 heavy (non-hydrogen) atoms. The van der Waals surface area contributed by atoms with Crippen LogP contribution in [-0.2, 0) is 9.47 Å². The zero-order valence-corrected chi connectivity index (χ0v) is 15.3. The number of hydrogen-bond acceptors (Lipinski definition) is 4. The predicted octanol–water partition coefficient (Wildman–Crippen LogP) is 2.61. The molecule has 0 aromatic heterocycles. The quantitative estimate of drug-likeness (QED) is 0.801. The Morgan fingerprint density at radius 3 is 2.24 bits per heavy atom. The van der Waals surface area contributed by atoms with Gasteiger partial charge in [-0.1, -0.05) is 0 Å². The molecule has 1 heterocycles. The standard InChI is InChI=1S/C15H26F3N3O4/c1-9-10(7-19-11(22)20-8-15(16,17)18)21(14(5,6)24-9)12(23)25-13(2,3)4/h9-10H,7-8H2,1-6H3,(H2,19,20,22). The van der Waals surface area contributed by atoms with E-state index in [1.807, 2.05) is 0 Å². The Kier molecular flexibility index (Phi) is 6.20. The van der Waals surface area contributed by atoms with Gasteiger partial charge in [-0.3, -0.25) is 4.90 Å². The lowest BCUT2D eigenvalue weighted by molar-refractivity contribution is -0.122. The summed E-state index contributed by atoms with van der Waals surface area (Å²) < 4.78 is 47.4. The zero-order valence-electron chi connectivity index (χ0n) is 15.3. The van der Waals surface area contributed by atoms with E-state index < -0.39 is 48.3 Å². The Labute approximate surface area is 145 Å². The number of amides is 3. The van der Waals surface area contributed by atoms with Crippen LogP contribution in [0.15, 0.2) is 0 Å². The van der Waals surface area contributed by atoms with Crippen LogP contribution < -0.4 is 10.6 Å². The van der Waals surface area contributed by atoms with E-state index in [0.717, 1.165) is 0 Å². The highest BCUT2D eigenvalue weighted by Gasteiger charge is 2.49. The van der Waals surface area contributed by atoms with Crippen molar-refractivity contribution in [1.29, 1.82) is 0 Å². The van der Waals surface area contributed by atoms with E-state index >= 15 is 0 Å². The number of carbonyl (C=O) groups excluding carboxylic acids is 2. The molecule has 3 amide bonds. The van der Waals surface area contributed by atoms with Crippen molar-refractivity contribution in [3.05, 3.63) is 0 Å². The van der Waals surface area contributed by atoms with Crippen LogP contribution in [0.4, 0.5) is 22.8 Å². The van der Waals surface area contributed by atoms with Gasteiger partial charge in [-0.05, 0) is 41.5 Å². The first kappa shape index (κ1) is 21.3. The number of nitrogens with zero attached hydrogens (tertiary/aromatic N) is 1. The topological polar surface area (TPSA) is 79.9 Å². The zero-order chi connectivity index (χ0) is 19.6. The van der Waals surface area contributed by atoms with E-state index in [-0.39, 0.29) is 6.54 Å². The molecular formula is C15H26F3N3O4. The van der Waals surface area contributed by atoms with Crippen LogP contribution in [0.2, 0.25) is 0 Å². The lowest BCUT2D eigenvalue weighted by Gasteiger charge is -2.35. The van der Waals surface area contributed by atoms with Crippen molar-refractivity contribution in [1.82, 2.24) is 15.5 Å². The second-order valence-electron chi connectivity index (χ2n) is 7.37. The number of carbonyl (C=O) groups is 2. The number of hydrogen-bond donors (Lipinski definition) is 2. The lowest BCUT2D eigenvalue weighted by Crippen LogP contribution is -2.54. The molecule has 0 aromatic rings. The molecule has 146 valence electrons. The van der Waals surface area contributed by atoms with E-state index in [1.54, 1.807) is 46.9 Å². The molecule has 1 rings (SSSR count). The molecule has 1 aliphatic heterocycles. The maximum atomic E-state index is 12.5. The number of rotatable bonds is 3. The van der Waals surface area contributed by atoms with E-state index in [0.29, 0.717) is 0 Å². The summed E-state index contributed by atoms with van der Waals surface area (Å²) in [6, 6.07) is -1.56. The van der Waals surface area contributed by atoms with Gasteiger partial charge in [-0.25, -0.2) is 9.59 Å². The Morgan fingerprint density at radius 2 is 1.76 bits per heavy atom. The third kappa shape index (κ3) is 6.60. The summed E-state index contributed by atoms with van der Waals surface area (Å²) in [6.45, 7) is 8.72. The molecule has 2 N–H and O–H groups in total. The van der Waals surface area contributed by atoms with E-state index in [4.69, 9.17) is 9.47 Å². The molecule has 1 aliphatic rings. The molecule has 1 fully saturated rings. The number of halogens is 3. The van der Waals surface area contributed by atoms with Gasteiger partial charge in [-0.15, -0.1) is 0 Å². The maximum absolute atomic E-state index is 12.5. The second kappa shape index (κ2) is 7.27. The largest absolute Gasteiger partial charge is 0.444 e. The molecule has 1 saturated heterocycles. The summed E-state index contributed by atoms with van der Waals surface area (Å²) in [5, 5.41) is 4.05. The van der Waals surface area contributed by atoms with Gasteiger partial charge in [0, 0.05) is 6.54 Å². The number of urea groups is 1.